The first kappa shape index (κ1) is 10.9. The van der Waals surface area contributed by atoms with Crippen molar-refractivity contribution >= 4 is 0 Å². The predicted octanol–water partition coefficient (Wildman–Crippen LogP) is 1.67. The van der Waals surface area contributed by atoms with Gasteiger partial charge in [0.2, 0.25) is 5.88 Å². The molecule has 0 aliphatic rings. The van der Waals surface area contributed by atoms with E-state index in [2.05, 4.69) is 10.2 Å². The molecule has 0 N–H and O–H groups in total. The Morgan fingerprint density at radius 3 is 2.64 bits per heavy atom. The Morgan fingerprint density at radius 2 is 2.07 bits per heavy atom. The van der Waals surface area contributed by atoms with Crippen LogP contribution in [0.2, 0.25) is 0 Å². The summed E-state index contributed by atoms with van der Waals surface area (Å²) in [5.74, 6) is 0.532. The predicted molar refractivity (Wildman–Crippen MR) is 53.2 cm³/mol. The topological polar surface area (TPSA) is 44.2 Å². The molecule has 0 bridgehead atoms. The second kappa shape index (κ2) is 4.91. The van der Waals surface area contributed by atoms with Crippen molar-refractivity contribution in [2.24, 2.45) is 0 Å². The highest BCUT2D eigenvalue weighted by Crippen LogP contribution is 2.06. The van der Waals surface area contributed by atoms with Gasteiger partial charge in [0.15, 0.2) is 0 Å². The zero-order valence-electron chi connectivity index (χ0n) is 8.86. The Bertz CT molecular complexity index is 257. The highest BCUT2D eigenvalue weighted by atomic mass is 16.5. The summed E-state index contributed by atoms with van der Waals surface area (Å²) in [4.78, 5) is 0. The lowest BCUT2D eigenvalue weighted by molar-refractivity contribution is -0.0169. The summed E-state index contributed by atoms with van der Waals surface area (Å²) in [5, 5.41) is 7.48. The van der Waals surface area contributed by atoms with Crippen molar-refractivity contribution in [1.82, 2.24) is 10.2 Å². The molecule has 0 saturated heterocycles. The van der Waals surface area contributed by atoms with Gasteiger partial charge in [-0.25, -0.2) is 0 Å². The first-order valence-corrected chi connectivity index (χ1v) is 4.62. The van der Waals surface area contributed by atoms with Gasteiger partial charge in [0.1, 0.15) is 6.61 Å². The van der Waals surface area contributed by atoms with E-state index >= 15 is 0 Å². The quantitative estimate of drug-likeness (QED) is 0.687. The Labute approximate surface area is 84.3 Å². The molecule has 1 rings (SSSR count). The fourth-order valence-corrected chi connectivity index (χ4v) is 0.858. The number of hydrogen-bond acceptors (Lipinski definition) is 4. The Morgan fingerprint density at radius 1 is 1.29 bits per heavy atom. The summed E-state index contributed by atoms with van der Waals surface area (Å²) < 4.78 is 10.8. The molecular formula is C10H16N2O2. The van der Waals surface area contributed by atoms with Crippen LogP contribution in [0.5, 0.6) is 5.88 Å². The van der Waals surface area contributed by atoms with Crippen LogP contribution >= 0.6 is 0 Å². The van der Waals surface area contributed by atoms with E-state index in [1.807, 2.05) is 20.8 Å². The van der Waals surface area contributed by atoms with Crippen molar-refractivity contribution in [3.63, 3.8) is 0 Å². The monoisotopic (exact) mass is 196 g/mol. The molecule has 4 heteroatoms. The molecule has 0 unspecified atom stereocenters. The SMILES string of the molecule is CC(C)(C)OCCOc1cccnn1. The van der Waals surface area contributed by atoms with Gasteiger partial charge in [-0.05, 0) is 26.8 Å². The highest BCUT2D eigenvalue weighted by Gasteiger charge is 2.09. The average Bonchev–Trinajstić information content (AvgIpc) is 2.13. The van der Waals surface area contributed by atoms with Gasteiger partial charge in [-0.1, -0.05) is 0 Å². The number of ether oxygens (including phenoxy) is 2. The van der Waals surface area contributed by atoms with Gasteiger partial charge in [0, 0.05) is 12.3 Å². The fourth-order valence-electron chi connectivity index (χ4n) is 0.858. The Kier molecular flexibility index (Phi) is 3.83. The molecule has 0 aromatic carbocycles. The lowest BCUT2D eigenvalue weighted by atomic mass is 10.2. The maximum Gasteiger partial charge on any atom is 0.233 e. The van der Waals surface area contributed by atoms with Crippen molar-refractivity contribution in [2.45, 2.75) is 26.4 Å². The first-order chi connectivity index (χ1) is 6.58. The van der Waals surface area contributed by atoms with E-state index in [9.17, 15) is 0 Å². The largest absolute Gasteiger partial charge is 0.474 e. The first-order valence-electron chi connectivity index (χ1n) is 4.62. The zero-order chi connectivity index (χ0) is 10.4. The molecule has 0 spiro atoms. The second-order valence-electron chi connectivity index (χ2n) is 3.87. The summed E-state index contributed by atoms with van der Waals surface area (Å²) in [7, 11) is 0. The summed E-state index contributed by atoms with van der Waals surface area (Å²) in [5.41, 5.74) is -0.119. The maximum atomic E-state index is 5.48. The number of hydrogen-bond donors (Lipinski definition) is 0. The van der Waals surface area contributed by atoms with Crippen LogP contribution in [0.25, 0.3) is 0 Å². The van der Waals surface area contributed by atoms with E-state index in [1.165, 1.54) is 0 Å². The van der Waals surface area contributed by atoms with Gasteiger partial charge < -0.3 is 9.47 Å². The van der Waals surface area contributed by atoms with Crippen LogP contribution in [0, 0.1) is 0 Å². The standard InChI is InChI=1S/C10H16N2O2/c1-10(2,3)14-8-7-13-9-5-4-6-11-12-9/h4-6H,7-8H2,1-3H3. The molecule has 0 amide bonds. The van der Waals surface area contributed by atoms with Crippen LogP contribution in [0.1, 0.15) is 20.8 Å². The van der Waals surface area contributed by atoms with Crippen LogP contribution in [0.3, 0.4) is 0 Å². The van der Waals surface area contributed by atoms with Crippen molar-refractivity contribution in [3.05, 3.63) is 18.3 Å². The maximum absolute atomic E-state index is 5.48. The van der Waals surface area contributed by atoms with E-state index < -0.39 is 0 Å². The van der Waals surface area contributed by atoms with Crippen LogP contribution in [0.4, 0.5) is 0 Å². The molecule has 4 nitrogen and oxygen atoms in total. The summed E-state index contributed by atoms with van der Waals surface area (Å²) in [6, 6.07) is 3.55. The van der Waals surface area contributed by atoms with Gasteiger partial charge in [-0.3, -0.25) is 0 Å². The normalized spacial score (nSPS) is 11.4. The lowest BCUT2D eigenvalue weighted by Gasteiger charge is -2.19. The van der Waals surface area contributed by atoms with Crippen molar-refractivity contribution in [1.29, 1.82) is 0 Å². The van der Waals surface area contributed by atoms with Gasteiger partial charge in [0.05, 0.1) is 12.2 Å². The molecular weight excluding hydrogens is 180 g/mol. The third-order valence-electron chi connectivity index (χ3n) is 1.42. The minimum atomic E-state index is -0.119. The van der Waals surface area contributed by atoms with Gasteiger partial charge >= 0.3 is 0 Å². The fraction of sp³-hybridized carbons (Fsp3) is 0.600. The Balaban J connectivity index is 2.17. The molecule has 0 radical (unpaired) electrons. The van der Waals surface area contributed by atoms with Crippen LogP contribution in [0.15, 0.2) is 18.3 Å². The van der Waals surface area contributed by atoms with E-state index in [0.29, 0.717) is 19.1 Å². The Hall–Kier alpha value is -1.16. The highest BCUT2D eigenvalue weighted by molar-refractivity contribution is 5.04. The summed E-state index contributed by atoms with van der Waals surface area (Å²) >= 11 is 0. The summed E-state index contributed by atoms with van der Waals surface area (Å²) in [6.45, 7) is 7.08. The molecule has 0 saturated carbocycles. The van der Waals surface area contributed by atoms with Crippen molar-refractivity contribution in [3.8, 4) is 5.88 Å². The third kappa shape index (κ3) is 4.77. The second-order valence-corrected chi connectivity index (χ2v) is 3.87. The molecule has 14 heavy (non-hydrogen) atoms. The molecule has 0 fully saturated rings. The van der Waals surface area contributed by atoms with E-state index in [4.69, 9.17) is 9.47 Å². The molecule has 78 valence electrons. The van der Waals surface area contributed by atoms with Crippen molar-refractivity contribution < 1.29 is 9.47 Å². The molecule has 0 aliphatic carbocycles. The van der Waals surface area contributed by atoms with E-state index in [1.54, 1.807) is 18.3 Å². The van der Waals surface area contributed by atoms with E-state index in [-0.39, 0.29) is 5.60 Å². The number of rotatable bonds is 4. The summed E-state index contributed by atoms with van der Waals surface area (Å²) in [6.07, 6.45) is 1.61. The molecule has 1 aromatic heterocycles. The number of aromatic nitrogens is 2. The van der Waals surface area contributed by atoms with Crippen LogP contribution < -0.4 is 4.74 Å². The van der Waals surface area contributed by atoms with Gasteiger partial charge in [-0.2, -0.15) is 5.10 Å². The molecule has 0 aliphatic heterocycles. The molecule has 1 aromatic rings. The van der Waals surface area contributed by atoms with Crippen molar-refractivity contribution in [2.75, 3.05) is 13.2 Å². The number of nitrogens with zero attached hydrogens (tertiary/aromatic N) is 2. The molecule has 1 heterocycles. The van der Waals surface area contributed by atoms with E-state index in [0.717, 1.165) is 0 Å². The van der Waals surface area contributed by atoms with Crippen LogP contribution in [-0.2, 0) is 4.74 Å². The van der Waals surface area contributed by atoms with Gasteiger partial charge in [0.25, 0.3) is 0 Å². The molecule has 0 atom stereocenters. The minimum absolute atomic E-state index is 0.119. The lowest BCUT2D eigenvalue weighted by Crippen LogP contribution is -2.22. The average molecular weight is 196 g/mol. The minimum Gasteiger partial charge on any atom is -0.474 e. The van der Waals surface area contributed by atoms with Gasteiger partial charge in [-0.15, -0.1) is 5.10 Å². The third-order valence-corrected chi connectivity index (χ3v) is 1.42. The smallest absolute Gasteiger partial charge is 0.233 e. The zero-order valence-corrected chi connectivity index (χ0v) is 8.86. The van der Waals surface area contributed by atoms with Crippen LogP contribution in [-0.4, -0.2) is 29.0 Å².